The maximum absolute atomic E-state index is 11.5. The highest BCUT2D eigenvalue weighted by molar-refractivity contribution is 7.89. The predicted molar refractivity (Wildman–Crippen MR) is 58.1 cm³/mol. The summed E-state index contributed by atoms with van der Waals surface area (Å²) in [6.45, 7) is 0.926. The zero-order chi connectivity index (χ0) is 11.7. The van der Waals surface area contributed by atoms with Gasteiger partial charge in [-0.1, -0.05) is 0 Å². The smallest absolute Gasteiger partial charge is 0.212 e. The fourth-order valence-corrected chi connectivity index (χ4v) is 2.35. The summed E-state index contributed by atoms with van der Waals surface area (Å²) in [6.07, 6.45) is 0.468. The zero-order valence-corrected chi connectivity index (χ0v) is 10.0. The van der Waals surface area contributed by atoms with Gasteiger partial charge < -0.3 is 15.2 Å². The Bertz CT molecular complexity index is 243. The number of hydrogen-bond acceptors (Lipinski definition) is 5. The van der Waals surface area contributed by atoms with Gasteiger partial charge in [0, 0.05) is 27.4 Å². The van der Waals surface area contributed by atoms with Gasteiger partial charge in [-0.05, 0) is 6.42 Å². The van der Waals surface area contributed by atoms with E-state index in [0.29, 0.717) is 13.0 Å². The lowest BCUT2D eigenvalue weighted by molar-refractivity contribution is 0.176. The first-order valence-electron chi connectivity index (χ1n) is 4.73. The van der Waals surface area contributed by atoms with Crippen LogP contribution in [0.5, 0.6) is 0 Å². The van der Waals surface area contributed by atoms with Crippen LogP contribution in [0.1, 0.15) is 6.42 Å². The molecular formula is C8H20N2O4S. The summed E-state index contributed by atoms with van der Waals surface area (Å²) in [7, 11) is -0.240. The van der Waals surface area contributed by atoms with Crippen LogP contribution in [0.2, 0.25) is 0 Å². The number of sulfonamides is 1. The van der Waals surface area contributed by atoms with Gasteiger partial charge in [0.2, 0.25) is 10.0 Å². The number of nitrogens with one attached hydrogen (secondary N) is 1. The minimum atomic E-state index is -3.28. The molecule has 6 nitrogen and oxygen atoms in total. The molecule has 1 atom stereocenters. The lowest BCUT2D eigenvalue weighted by atomic mass is 10.3. The second-order valence-corrected chi connectivity index (χ2v) is 5.04. The van der Waals surface area contributed by atoms with Crippen molar-refractivity contribution in [2.75, 3.05) is 39.7 Å². The van der Waals surface area contributed by atoms with E-state index in [9.17, 15) is 8.42 Å². The molecule has 0 aromatic rings. The molecule has 15 heavy (non-hydrogen) atoms. The molecule has 0 aromatic heterocycles. The summed E-state index contributed by atoms with van der Waals surface area (Å²) in [5.74, 6) is 0.0427. The molecule has 0 heterocycles. The van der Waals surface area contributed by atoms with Crippen molar-refractivity contribution in [1.82, 2.24) is 4.72 Å². The Morgan fingerprint density at radius 3 is 2.47 bits per heavy atom. The number of methoxy groups -OCH3 is 2. The van der Waals surface area contributed by atoms with Crippen LogP contribution in [0.15, 0.2) is 0 Å². The molecule has 0 radical (unpaired) electrons. The highest BCUT2D eigenvalue weighted by atomic mass is 32.2. The predicted octanol–water partition coefficient (Wildman–Crippen LogP) is -1.08. The van der Waals surface area contributed by atoms with Crippen LogP contribution in [-0.4, -0.2) is 54.2 Å². The third kappa shape index (κ3) is 7.69. The Morgan fingerprint density at radius 2 is 2.00 bits per heavy atom. The van der Waals surface area contributed by atoms with Gasteiger partial charge in [0.1, 0.15) is 0 Å². The zero-order valence-electron chi connectivity index (χ0n) is 9.23. The second kappa shape index (κ2) is 8.00. The summed E-state index contributed by atoms with van der Waals surface area (Å²) in [5, 5.41) is 0. The first-order chi connectivity index (χ1) is 7.05. The molecule has 0 rings (SSSR count). The van der Waals surface area contributed by atoms with Crippen molar-refractivity contribution in [1.29, 1.82) is 0 Å². The average molecular weight is 240 g/mol. The summed E-state index contributed by atoms with van der Waals surface area (Å²) in [5.41, 5.74) is 5.39. The summed E-state index contributed by atoms with van der Waals surface area (Å²) in [6, 6.07) is -0.359. The molecule has 3 N–H and O–H groups in total. The van der Waals surface area contributed by atoms with Crippen molar-refractivity contribution in [3.63, 3.8) is 0 Å². The van der Waals surface area contributed by atoms with Gasteiger partial charge in [-0.15, -0.1) is 0 Å². The molecule has 7 heteroatoms. The number of rotatable bonds is 9. The Hall–Kier alpha value is -0.210. The molecule has 0 aliphatic heterocycles. The maximum atomic E-state index is 11.5. The topological polar surface area (TPSA) is 90.7 Å². The fraction of sp³-hybridized carbons (Fsp3) is 1.00. The van der Waals surface area contributed by atoms with E-state index in [0.717, 1.165) is 0 Å². The summed E-state index contributed by atoms with van der Waals surface area (Å²) >= 11 is 0. The minimum absolute atomic E-state index is 0.0427. The van der Waals surface area contributed by atoms with E-state index < -0.39 is 10.0 Å². The lowest BCUT2D eigenvalue weighted by Crippen LogP contribution is -2.44. The van der Waals surface area contributed by atoms with E-state index in [1.807, 2.05) is 0 Å². The van der Waals surface area contributed by atoms with E-state index >= 15 is 0 Å². The molecule has 0 spiro atoms. The first-order valence-corrected chi connectivity index (χ1v) is 6.39. The van der Waals surface area contributed by atoms with Gasteiger partial charge in [0.05, 0.1) is 18.4 Å². The second-order valence-electron chi connectivity index (χ2n) is 3.17. The van der Waals surface area contributed by atoms with Crippen LogP contribution in [0, 0.1) is 0 Å². The molecule has 0 aliphatic carbocycles. The molecule has 1 unspecified atom stereocenters. The Morgan fingerprint density at radius 1 is 1.33 bits per heavy atom. The largest absolute Gasteiger partial charge is 0.385 e. The quantitative estimate of drug-likeness (QED) is 0.500. The highest BCUT2D eigenvalue weighted by Crippen LogP contribution is 1.93. The monoisotopic (exact) mass is 240 g/mol. The third-order valence-corrected chi connectivity index (χ3v) is 3.28. The van der Waals surface area contributed by atoms with Gasteiger partial charge >= 0.3 is 0 Å². The molecule has 0 bridgehead atoms. The SMILES string of the molecule is COCCCS(=O)(=O)NC(CN)COC. The van der Waals surface area contributed by atoms with Gasteiger partial charge in [-0.3, -0.25) is 0 Å². The molecule has 0 saturated carbocycles. The van der Waals surface area contributed by atoms with Gasteiger partial charge in [0.25, 0.3) is 0 Å². The van der Waals surface area contributed by atoms with Crippen LogP contribution in [-0.2, 0) is 19.5 Å². The van der Waals surface area contributed by atoms with Gasteiger partial charge in [-0.25, -0.2) is 13.1 Å². The normalized spacial score (nSPS) is 14.1. The Kier molecular flexibility index (Phi) is 7.89. The standard InChI is InChI=1S/C8H20N2O4S/c1-13-4-3-5-15(11,12)10-8(6-9)7-14-2/h8,10H,3-7,9H2,1-2H3. The van der Waals surface area contributed by atoms with Crippen LogP contribution in [0.25, 0.3) is 0 Å². The lowest BCUT2D eigenvalue weighted by Gasteiger charge is -2.15. The van der Waals surface area contributed by atoms with Gasteiger partial charge in [0.15, 0.2) is 0 Å². The number of hydrogen-bond donors (Lipinski definition) is 2. The Balaban J connectivity index is 3.99. The molecule has 0 fully saturated rings. The van der Waals surface area contributed by atoms with Crippen LogP contribution >= 0.6 is 0 Å². The molecule has 0 saturated heterocycles. The van der Waals surface area contributed by atoms with E-state index in [1.54, 1.807) is 0 Å². The minimum Gasteiger partial charge on any atom is -0.385 e. The van der Waals surface area contributed by atoms with Crippen LogP contribution in [0.3, 0.4) is 0 Å². The van der Waals surface area contributed by atoms with Crippen molar-refractivity contribution in [2.24, 2.45) is 5.73 Å². The molecule has 92 valence electrons. The number of ether oxygens (including phenoxy) is 2. The maximum Gasteiger partial charge on any atom is 0.212 e. The molecule has 0 aromatic carbocycles. The summed E-state index contributed by atoms with van der Waals surface area (Å²) in [4.78, 5) is 0. The van der Waals surface area contributed by atoms with Crippen molar-refractivity contribution in [3.05, 3.63) is 0 Å². The Labute approximate surface area is 91.2 Å². The van der Waals surface area contributed by atoms with E-state index in [4.69, 9.17) is 15.2 Å². The van der Waals surface area contributed by atoms with Crippen molar-refractivity contribution in [2.45, 2.75) is 12.5 Å². The van der Waals surface area contributed by atoms with Gasteiger partial charge in [-0.2, -0.15) is 0 Å². The fourth-order valence-electron chi connectivity index (χ4n) is 1.06. The van der Waals surface area contributed by atoms with Crippen molar-refractivity contribution < 1.29 is 17.9 Å². The highest BCUT2D eigenvalue weighted by Gasteiger charge is 2.15. The van der Waals surface area contributed by atoms with E-state index in [2.05, 4.69) is 4.72 Å². The average Bonchev–Trinajstić information content (AvgIpc) is 2.17. The van der Waals surface area contributed by atoms with Crippen molar-refractivity contribution >= 4 is 10.0 Å². The third-order valence-electron chi connectivity index (χ3n) is 1.76. The van der Waals surface area contributed by atoms with Crippen molar-refractivity contribution in [3.8, 4) is 0 Å². The van der Waals surface area contributed by atoms with Crippen LogP contribution in [0.4, 0.5) is 0 Å². The van der Waals surface area contributed by atoms with E-state index in [-0.39, 0.29) is 24.9 Å². The molecular weight excluding hydrogens is 220 g/mol. The number of nitrogens with two attached hydrogens (primary N) is 1. The molecule has 0 amide bonds. The first kappa shape index (κ1) is 14.8. The summed E-state index contributed by atoms with van der Waals surface area (Å²) < 4.78 is 35.0. The molecule has 0 aliphatic rings. The van der Waals surface area contributed by atoms with E-state index in [1.165, 1.54) is 14.2 Å². The van der Waals surface area contributed by atoms with Crippen LogP contribution < -0.4 is 10.5 Å².